The van der Waals surface area contributed by atoms with Crippen LogP contribution in [0.2, 0.25) is 0 Å². The summed E-state index contributed by atoms with van der Waals surface area (Å²) in [7, 11) is 0. The van der Waals surface area contributed by atoms with Crippen LogP contribution in [-0.2, 0) is 11.8 Å². The predicted octanol–water partition coefficient (Wildman–Crippen LogP) is 4.56. The molecule has 0 radical (unpaired) electrons. The third-order valence-corrected chi connectivity index (χ3v) is 6.26. The fraction of sp³-hybridized carbons (Fsp3) is 0.684. The van der Waals surface area contributed by atoms with Crippen LogP contribution >= 0.6 is 0 Å². The fourth-order valence-electron chi connectivity index (χ4n) is 4.36. The van der Waals surface area contributed by atoms with E-state index in [0.29, 0.717) is 5.41 Å². The molecular weight excluding hydrogens is 256 g/mol. The van der Waals surface area contributed by atoms with Gasteiger partial charge in [-0.3, -0.25) is 0 Å². The summed E-state index contributed by atoms with van der Waals surface area (Å²) in [4.78, 5) is 0. The average Bonchev–Trinajstić information content (AvgIpc) is 2.39. The SMILES string of the molecule is CC(C)(C)c1ccc2c(c1)CC1(C)CCCCC1(C)N2N. The van der Waals surface area contributed by atoms with Gasteiger partial charge in [-0.05, 0) is 54.2 Å². The smallest absolute Gasteiger partial charge is 0.0589 e. The summed E-state index contributed by atoms with van der Waals surface area (Å²) >= 11 is 0. The van der Waals surface area contributed by atoms with E-state index in [-0.39, 0.29) is 11.0 Å². The van der Waals surface area contributed by atoms with Gasteiger partial charge in [-0.1, -0.05) is 52.7 Å². The van der Waals surface area contributed by atoms with Crippen molar-refractivity contribution in [3.8, 4) is 0 Å². The standard InChI is InChI=1S/C19H30N2/c1-17(2,3)15-8-9-16-14(12-15)13-18(4)10-6-7-11-19(18,5)21(16)20/h8-9,12H,6-7,10-11,13,20H2,1-5H3. The molecule has 2 unspecified atom stereocenters. The number of anilines is 1. The van der Waals surface area contributed by atoms with Crippen LogP contribution in [0.4, 0.5) is 5.69 Å². The van der Waals surface area contributed by atoms with Crippen molar-refractivity contribution in [2.24, 2.45) is 11.3 Å². The van der Waals surface area contributed by atoms with Gasteiger partial charge in [0.2, 0.25) is 0 Å². The molecular formula is C19H30N2. The highest BCUT2D eigenvalue weighted by Gasteiger charge is 2.52. The molecule has 0 aromatic heterocycles. The van der Waals surface area contributed by atoms with E-state index >= 15 is 0 Å². The molecule has 0 amide bonds. The lowest BCUT2D eigenvalue weighted by Gasteiger charge is -2.58. The van der Waals surface area contributed by atoms with Crippen LogP contribution in [0.3, 0.4) is 0 Å². The number of fused-ring (bicyclic) bond motifs is 2. The Kier molecular flexibility index (Phi) is 3.18. The quantitative estimate of drug-likeness (QED) is 0.708. The Balaban J connectivity index is 2.10. The zero-order valence-electron chi connectivity index (χ0n) is 14.3. The van der Waals surface area contributed by atoms with Gasteiger partial charge in [0.25, 0.3) is 0 Å². The Hall–Kier alpha value is -1.02. The summed E-state index contributed by atoms with van der Waals surface area (Å²) < 4.78 is 0. The first-order valence-corrected chi connectivity index (χ1v) is 8.36. The van der Waals surface area contributed by atoms with Crippen molar-refractivity contribution >= 4 is 5.69 Å². The Bertz CT molecular complexity index is 557. The molecule has 0 spiro atoms. The molecule has 21 heavy (non-hydrogen) atoms. The molecule has 1 aliphatic carbocycles. The van der Waals surface area contributed by atoms with Gasteiger partial charge in [-0.2, -0.15) is 0 Å². The number of rotatable bonds is 0. The van der Waals surface area contributed by atoms with Crippen molar-refractivity contribution in [3.63, 3.8) is 0 Å². The zero-order valence-corrected chi connectivity index (χ0v) is 14.3. The summed E-state index contributed by atoms with van der Waals surface area (Å²) in [5.74, 6) is 6.61. The Labute approximate surface area is 129 Å². The summed E-state index contributed by atoms with van der Waals surface area (Å²) in [6.45, 7) is 11.7. The number of hydrogen-bond donors (Lipinski definition) is 1. The molecule has 116 valence electrons. The van der Waals surface area contributed by atoms with Crippen LogP contribution in [0.1, 0.15) is 71.4 Å². The first kappa shape index (κ1) is 14.9. The van der Waals surface area contributed by atoms with Gasteiger partial charge in [0, 0.05) is 0 Å². The maximum atomic E-state index is 6.61. The maximum Gasteiger partial charge on any atom is 0.0589 e. The number of nitrogens with two attached hydrogens (primary N) is 1. The van der Waals surface area contributed by atoms with Gasteiger partial charge in [-0.15, -0.1) is 0 Å². The second-order valence-corrected chi connectivity index (χ2v) is 8.68. The molecule has 2 heteroatoms. The first-order chi connectivity index (χ1) is 9.67. The monoisotopic (exact) mass is 286 g/mol. The normalized spacial score (nSPS) is 32.6. The fourth-order valence-corrected chi connectivity index (χ4v) is 4.36. The third kappa shape index (κ3) is 2.11. The topological polar surface area (TPSA) is 29.3 Å². The van der Waals surface area contributed by atoms with E-state index in [0.717, 1.165) is 6.42 Å². The van der Waals surface area contributed by atoms with Crippen molar-refractivity contribution in [1.29, 1.82) is 0 Å². The van der Waals surface area contributed by atoms with Crippen LogP contribution in [-0.4, -0.2) is 5.54 Å². The Morgan fingerprint density at radius 3 is 2.43 bits per heavy atom. The molecule has 1 heterocycles. The van der Waals surface area contributed by atoms with Crippen LogP contribution in [0.5, 0.6) is 0 Å². The zero-order chi connectivity index (χ0) is 15.5. The molecule has 1 aliphatic heterocycles. The predicted molar refractivity (Wildman–Crippen MR) is 90.5 cm³/mol. The van der Waals surface area contributed by atoms with Crippen molar-refractivity contribution in [2.75, 3.05) is 5.01 Å². The van der Waals surface area contributed by atoms with Crippen LogP contribution in [0.15, 0.2) is 18.2 Å². The third-order valence-electron chi connectivity index (χ3n) is 6.26. The molecule has 1 aromatic carbocycles. The molecule has 1 saturated carbocycles. The Morgan fingerprint density at radius 2 is 1.76 bits per heavy atom. The highest BCUT2D eigenvalue weighted by Crippen LogP contribution is 2.54. The largest absolute Gasteiger partial charge is 0.304 e. The second-order valence-electron chi connectivity index (χ2n) is 8.68. The number of hydrogen-bond acceptors (Lipinski definition) is 2. The van der Waals surface area contributed by atoms with Crippen LogP contribution < -0.4 is 10.9 Å². The van der Waals surface area contributed by atoms with Crippen molar-refractivity contribution in [1.82, 2.24) is 0 Å². The van der Waals surface area contributed by atoms with Gasteiger partial charge >= 0.3 is 0 Å². The van der Waals surface area contributed by atoms with E-state index < -0.39 is 0 Å². The minimum atomic E-state index is 0.0987. The van der Waals surface area contributed by atoms with Crippen LogP contribution in [0, 0.1) is 5.41 Å². The highest BCUT2D eigenvalue weighted by atomic mass is 15.5. The van der Waals surface area contributed by atoms with Crippen molar-refractivity contribution < 1.29 is 0 Å². The first-order valence-electron chi connectivity index (χ1n) is 8.36. The van der Waals surface area contributed by atoms with E-state index in [1.54, 1.807) is 0 Å². The minimum absolute atomic E-state index is 0.0987. The Morgan fingerprint density at radius 1 is 1.10 bits per heavy atom. The van der Waals surface area contributed by atoms with Gasteiger partial charge < -0.3 is 5.01 Å². The van der Waals surface area contributed by atoms with Gasteiger partial charge in [0.1, 0.15) is 0 Å². The van der Waals surface area contributed by atoms with Gasteiger partial charge in [-0.25, -0.2) is 5.84 Å². The highest BCUT2D eigenvalue weighted by molar-refractivity contribution is 5.60. The van der Waals surface area contributed by atoms with Crippen molar-refractivity contribution in [2.45, 2.75) is 77.7 Å². The molecule has 1 aromatic rings. The number of nitrogens with zero attached hydrogens (tertiary/aromatic N) is 1. The summed E-state index contributed by atoms with van der Waals surface area (Å²) in [5, 5.41) is 2.09. The average molecular weight is 286 g/mol. The lowest BCUT2D eigenvalue weighted by molar-refractivity contribution is 0.0766. The molecule has 2 aliphatic rings. The van der Waals surface area contributed by atoms with E-state index in [9.17, 15) is 0 Å². The maximum absolute atomic E-state index is 6.61. The van der Waals surface area contributed by atoms with E-state index in [2.05, 4.69) is 57.8 Å². The van der Waals surface area contributed by atoms with E-state index in [1.807, 2.05) is 0 Å². The summed E-state index contributed by atoms with van der Waals surface area (Å²) in [6, 6.07) is 6.90. The molecule has 2 N–H and O–H groups in total. The van der Waals surface area contributed by atoms with E-state index in [4.69, 9.17) is 5.84 Å². The molecule has 0 bridgehead atoms. The number of hydrazine groups is 1. The lowest BCUT2D eigenvalue weighted by atomic mass is 9.58. The second kappa shape index (κ2) is 4.49. The molecule has 2 atom stereocenters. The molecule has 0 saturated heterocycles. The van der Waals surface area contributed by atoms with Crippen LogP contribution in [0.25, 0.3) is 0 Å². The molecule has 3 rings (SSSR count). The minimum Gasteiger partial charge on any atom is -0.304 e. The van der Waals surface area contributed by atoms with Crippen molar-refractivity contribution in [3.05, 3.63) is 29.3 Å². The van der Waals surface area contributed by atoms with Gasteiger partial charge in [0.15, 0.2) is 0 Å². The molecule has 1 fully saturated rings. The summed E-state index contributed by atoms with van der Waals surface area (Å²) in [6.07, 6.45) is 6.30. The van der Waals surface area contributed by atoms with Gasteiger partial charge in [0.05, 0.1) is 11.2 Å². The van der Waals surface area contributed by atoms with E-state index in [1.165, 1.54) is 42.5 Å². The summed E-state index contributed by atoms with van der Waals surface area (Å²) in [5.41, 5.74) is 4.68. The molecule has 2 nitrogen and oxygen atoms in total. The lowest BCUT2D eigenvalue weighted by Crippen LogP contribution is -2.65. The number of benzene rings is 1.